The monoisotopic (exact) mass is 346 g/mol. The van der Waals surface area contributed by atoms with Crippen LogP contribution in [-0.2, 0) is 9.84 Å². The van der Waals surface area contributed by atoms with Crippen molar-refractivity contribution >= 4 is 15.9 Å². The molecule has 0 amide bonds. The van der Waals surface area contributed by atoms with Crippen molar-refractivity contribution in [3.8, 4) is 5.75 Å². The van der Waals surface area contributed by atoms with Crippen LogP contribution in [0.25, 0.3) is 6.08 Å². The molecular formula is C19H22O4S. The largest absolute Gasteiger partial charge is 0.491 e. The van der Waals surface area contributed by atoms with Crippen LogP contribution in [0.4, 0.5) is 0 Å². The van der Waals surface area contributed by atoms with Crippen molar-refractivity contribution in [2.75, 3.05) is 18.1 Å². The van der Waals surface area contributed by atoms with Crippen molar-refractivity contribution in [2.24, 2.45) is 0 Å². The second-order valence-electron chi connectivity index (χ2n) is 5.67. The first-order valence-corrected chi connectivity index (χ1v) is 9.56. The third-order valence-electron chi connectivity index (χ3n) is 3.34. The summed E-state index contributed by atoms with van der Waals surface area (Å²) in [6.07, 6.45) is 2.30. The van der Waals surface area contributed by atoms with Crippen molar-refractivity contribution < 1.29 is 18.3 Å². The lowest BCUT2D eigenvalue weighted by molar-refractivity contribution is 0.125. The summed E-state index contributed by atoms with van der Waals surface area (Å²) < 4.78 is 29.5. The van der Waals surface area contributed by atoms with Crippen molar-refractivity contribution in [3.63, 3.8) is 0 Å². The van der Waals surface area contributed by atoms with Gasteiger partial charge in [-0.1, -0.05) is 54.6 Å². The molecule has 2 aromatic rings. The van der Waals surface area contributed by atoms with Crippen molar-refractivity contribution in [2.45, 2.75) is 13.0 Å². The summed E-state index contributed by atoms with van der Waals surface area (Å²) in [7, 11) is -3.38. The highest BCUT2D eigenvalue weighted by Crippen LogP contribution is 2.13. The quantitative estimate of drug-likeness (QED) is 0.798. The maximum atomic E-state index is 12.0. The van der Waals surface area contributed by atoms with E-state index in [9.17, 15) is 13.5 Å². The van der Waals surface area contributed by atoms with Gasteiger partial charge in [0.25, 0.3) is 0 Å². The molecule has 1 unspecified atom stereocenters. The molecule has 0 aromatic heterocycles. The number of hydrogen-bond acceptors (Lipinski definition) is 4. The van der Waals surface area contributed by atoms with Gasteiger partial charge in [0.15, 0.2) is 9.84 Å². The molecule has 0 saturated carbocycles. The van der Waals surface area contributed by atoms with Gasteiger partial charge in [-0.05, 0) is 30.2 Å². The van der Waals surface area contributed by atoms with Gasteiger partial charge in [0.2, 0.25) is 0 Å². The Labute approximate surface area is 143 Å². The van der Waals surface area contributed by atoms with Crippen LogP contribution in [0.3, 0.4) is 0 Å². The standard InChI is InChI=1S/C19H22O4S/c1-16-7-5-11-19(13-16)23-14-18(20)15-24(21,22)12-6-10-17-8-3-2-4-9-17/h2-11,13,18,20H,12,14-15H2,1H3. The minimum absolute atomic E-state index is 0.0505. The molecule has 0 aliphatic carbocycles. The molecule has 0 heterocycles. The zero-order valence-corrected chi connectivity index (χ0v) is 14.4. The highest BCUT2D eigenvalue weighted by Gasteiger charge is 2.16. The lowest BCUT2D eigenvalue weighted by Crippen LogP contribution is -2.28. The molecule has 4 nitrogen and oxygen atoms in total. The van der Waals surface area contributed by atoms with Gasteiger partial charge in [-0.15, -0.1) is 0 Å². The van der Waals surface area contributed by atoms with E-state index in [1.54, 1.807) is 18.2 Å². The van der Waals surface area contributed by atoms with Crippen LogP contribution < -0.4 is 4.74 Å². The number of hydrogen-bond donors (Lipinski definition) is 1. The molecule has 0 spiro atoms. The van der Waals surface area contributed by atoms with Crippen LogP contribution in [0.15, 0.2) is 60.7 Å². The van der Waals surface area contributed by atoms with Crippen LogP contribution in [0.2, 0.25) is 0 Å². The Morgan fingerprint density at radius 3 is 2.58 bits per heavy atom. The van der Waals surface area contributed by atoms with E-state index in [1.807, 2.05) is 55.5 Å². The van der Waals surface area contributed by atoms with Crippen LogP contribution in [-0.4, -0.2) is 37.7 Å². The van der Waals surface area contributed by atoms with Gasteiger partial charge >= 0.3 is 0 Å². The molecule has 0 fully saturated rings. The topological polar surface area (TPSA) is 63.6 Å². The molecule has 0 radical (unpaired) electrons. The van der Waals surface area contributed by atoms with Crippen molar-refractivity contribution in [1.29, 1.82) is 0 Å². The zero-order chi connectivity index (χ0) is 17.4. The Hall–Kier alpha value is -2.11. The maximum Gasteiger partial charge on any atom is 0.156 e. The fourth-order valence-electron chi connectivity index (χ4n) is 2.20. The summed E-state index contributed by atoms with van der Waals surface area (Å²) in [6, 6.07) is 16.9. The number of rotatable bonds is 8. The fraction of sp³-hybridized carbons (Fsp3) is 0.263. The van der Waals surface area contributed by atoms with Gasteiger partial charge in [0.05, 0.1) is 11.5 Å². The van der Waals surface area contributed by atoms with Crippen LogP contribution in [0.1, 0.15) is 11.1 Å². The number of aryl methyl sites for hydroxylation is 1. The van der Waals surface area contributed by atoms with Gasteiger partial charge in [0.1, 0.15) is 18.5 Å². The van der Waals surface area contributed by atoms with E-state index in [1.165, 1.54) is 0 Å². The van der Waals surface area contributed by atoms with E-state index < -0.39 is 15.9 Å². The maximum absolute atomic E-state index is 12.0. The molecule has 0 aliphatic rings. The van der Waals surface area contributed by atoms with E-state index in [-0.39, 0.29) is 18.1 Å². The molecule has 5 heteroatoms. The van der Waals surface area contributed by atoms with Gasteiger partial charge in [-0.3, -0.25) is 0 Å². The van der Waals surface area contributed by atoms with E-state index in [0.717, 1.165) is 11.1 Å². The van der Waals surface area contributed by atoms with Crippen molar-refractivity contribution in [1.82, 2.24) is 0 Å². The van der Waals surface area contributed by atoms with Crippen molar-refractivity contribution in [3.05, 3.63) is 71.8 Å². The summed E-state index contributed by atoms with van der Waals surface area (Å²) in [5, 5.41) is 9.90. The molecular weight excluding hydrogens is 324 g/mol. The van der Waals surface area contributed by atoms with Gasteiger partial charge in [-0.25, -0.2) is 8.42 Å². The van der Waals surface area contributed by atoms with Gasteiger partial charge in [-0.2, -0.15) is 0 Å². The normalized spacial score (nSPS) is 13.1. The Morgan fingerprint density at radius 1 is 1.12 bits per heavy atom. The number of aliphatic hydroxyl groups is 1. The van der Waals surface area contributed by atoms with Gasteiger partial charge < -0.3 is 9.84 Å². The smallest absolute Gasteiger partial charge is 0.156 e. The highest BCUT2D eigenvalue weighted by molar-refractivity contribution is 7.91. The Balaban J connectivity index is 1.81. The summed E-state index contributed by atoms with van der Waals surface area (Å²) in [5.41, 5.74) is 1.98. The molecule has 1 atom stereocenters. The lowest BCUT2D eigenvalue weighted by atomic mass is 10.2. The predicted molar refractivity (Wildman–Crippen MR) is 96.8 cm³/mol. The minimum Gasteiger partial charge on any atom is -0.491 e. The van der Waals surface area contributed by atoms with Crippen LogP contribution in [0.5, 0.6) is 5.75 Å². The number of benzene rings is 2. The molecule has 1 N–H and O–H groups in total. The summed E-state index contributed by atoms with van der Waals surface area (Å²) in [6.45, 7) is 1.89. The Kier molecular flexibility index (Phi) is 6.58. The molecule has 0 saturated heterocycles. The Morgan fingerprint density at radius 2 is 1.88 bits per heavy atom. The second-order valence-corrected chi connectivity index (χ2v) is 7.83. The highest BCUT2D eigenvalue weighted by atomic mass is 32.2. The predicted octanol–water partition coefficient (Wildman–Crippen LogP) is 2.86. The second kappa shape index (κ2) is 8.66. The summed E-state index contributed by atoms with van der Waals surface area (Å²) in [4.78, 5) is 0. The van der Waals surface area contributed by atoms with Crippen LogP contribution in [0, 0.1) is 6.92 Å². The molecule has 128 valence electrons. The third kappa shape index (κ3) is 6.56. The summed E-state index contributed by atoms with van der Waals surface area (Å²) in [5.74, 6) is 0.192. The summed E-state index contributed by atoms with van der Waals surface area (Å²) >= 11 is 0. The molecule has 0 aliphatic heterocycles. The SMILES string of the molecule is Cc1cccc(OCC(O)CS(=O)(=O)CC=Cc2ccccc2)c1. The average Bonchev–Trinajstić information content (AvgIpc) is 2.53. The molecule has 24 heavy (non-hydrogen) atoms. The lowest BCUT2D eigenvalue weighted by Gasteiger charge is -2.12. The number of sulfone groups is 1. The van der Waals surface area contributed by atoms with E-state index in [0.29, 0.717) is 5.75 Å². The van der Waals surface area contributed by atoms with Crippen LogP contribution >= 0.6 is 0 Å². The Bertz CT molecular complexity index is 767. The molecule has 2 rings (SSSR count). The first kappa shape index (κ1) is 18.2. The third-order valence-corrected chi connectivity index (χ3v) is 4.93. The minimum atomic E-state index is -3.38. The fourth-order valence-corrected chi connectivity index (χ4v) is 3.41. The van der Waals surface area contributed by atoms with Gasteiger partial charge in [0, 0.05) is 0 Å². The first-order valence-electron chi connectivity index (χ1n) is 7.74. The van der Waals surface area contributed by atoms with E-state index >= 15 is 0 Å². The number of aliphatic hydroxyl groups excluding tert-OH is 1. The first-order chi connectivity index (χ1) is 11.4. The molecule has 2 aromatic carbocycles. The average molecular weight is 346 g/mol. The number of ether oxygens (including phenoxy) is 1. The molecule has 0 bridgehead atoms. The van der Waals surface area contributed by atoms with E-state index in [4.69, 9.17) is 4.74 Å². The van der Waals surface area contributed by atoms with E-state index in [2.05, 4.69) is 0 Å². The zero-order valence-electron chi connectivity index (χ0n) is 13.6.